The minimum absolute atomic E-state index is 0.273. The molecule has 1 aromatic heterocycles. The molecule has 4 heteroatoms. The fourth-order valence-corrected chi connectivity index (χ4v) is 1.03. The van der Waals surface area contributed by atoms with Gasteiger partial charge in [-0.25, -0.2) is 4.98 Å². The summed E-state index contributed by atoms with van der Waals surface area (Å²) in [5.74, 6) is 6.24. The van der Waals surface area contributed by atoms with Crippen LogP contribution in [-0.2, 0) is 0 Å². The molecule has 0 N–H and O–H groups in total. The van der Waals surface area contributed by atoms with Gasteiger partial charge < -0.3 is 4.74 Å². The normalized spacial score (nSPS) is 8.85. The summed E-state index contributed by atoms with van der Waals surface area (Å²) in [7, 11) is 1.53. The maximum atomic E-state index is 5.73. The van der Waals surface area contributed by atoms with Crippen LogP contribution < -0.4 is 4.74 Å². The summed E-state index contributed by atoms with van der Waals surface area (Å²) >= 11 is 11.2. The van der Waals surface area contributed by atoms with Gasteiger partial charge in [-0.3, -0.25) is 0 Å². The molecule has 0 saturated carbocycles. The fraction of sp³-hybridized carbons (Fsp3) is 0.222. The number of ether oxygens (including phenoxy) is 1. The monoisotopic (exact) mass is 215 g/mol. The van der Waals surface area contributed by atoms with Gasteiger partial charge >= 0.3 is 0 Å². The summed E-state index contributed by atoms with van der Waals surface area (Å²) in [4.78, 5) is 3.95. The predicted octanol–water partition coefficient (Wildman–Crippen LogP) is 2.33. The smallest absolute Gasteiger partial charge is 0.229 e. The van der Waals surface area contributed by atoms with Crippen LogP contribution in [0.15, 0.2) is 12.3 Å². The molecule has 13 heavy (non-hydrogen) atoms. The van der Waals surface area contributed by atoms with Crippen LogP contribution in [0.25, 0.3) is 0 Å². The molecule has 0 aliphatic carbocycles. The first-order valence-corrected chi connectivity index (χ1v) is 4.43. The number of halogens is 2. The Morgan fingerprint density at radius 3 is 3.00 bits per heavy atom. The third-order valence-electron chi connectivity index (χ3n) is 1.30. The molecule has 0 saturated heterocycles. The fourth-order valence-electron chi connectivity index (χ4n) is 0.808. The topological polar surface area (TPSA) is 22.1 Å². The molecule has 0 atom stereocenters. The maximum absolute atomic E-state index is 5.73. The van der Waals surface area contributed by atoms with Crippen LogP contribution >= 0.6 is 23.2 Å². The first-order chi connectivity index (χ1) is 6.27. The first kappa shape index (κ1) is 10.2. The van der Waals surface area contributed by atoms with Crippen LogP contribution in [-0.4, -0.2) is 18.0 Å². The van der Waals surface area contributed by atoms with Crippen LogP contribution in [0.2, 0.25) is 5.02 Å². The van der Waals surface area contributed by atoms with Crippen LogP contribution in [0.4, 0.5) is 0 Å². The second kappa shape index (κ2) is 4.96. The Morgan fingerprint density at radius 2 is 2.38 bits per heavy atom. The minimum Gasteiger partial charge on any atom is -0.480 e. The molecule has 0 amide bonds. The molecule has 0 fully saturated rings. The Balaban J connectivity index is 3.08. The van der Waals surface area contributed by atoms with E-state index in [1.165, 1.54) is 13.3 Å². The lowest BCUT2D eigenvalue weighted by Gasteiger charge is -2.00. The van der Waals surface area contributed by atoms with Crippen LogP contribution in [0.3, 0.4) is 0 Å². The van der Waals surface area contributed by atoms with Crippen molar-refractivity contribution in [1.29, 1.82) is 0 Å². The molecule has 0 aliphatic rings. The highest BCUT2D eigenvalue weighted by atomic mass is 35.5. The zero-order valence-corrected chi connectivity index (χ0v) is 8.49. The van der Waals surface area contributed by atoms with E-state index in [0.717, 1.165) is 0 Å². The molecule has 0 spiro atoms. The van der Waals surface area contributed by atoms with Gasteiger partial charge in [-0.05, 0) is 6.07 Å². The molecule has 0 unspecified atom stereocenters. The van der Waals surface area contributed by atoms with Crippen molar-refractivity contribution in [2.24, 2.45) is 0 Å². The molecule has 1 rings (SSSR count). The number of pyridine rings is 1. The lowest BCUT2D eigenvalue weighted by molar-refractivity contribution is 0.396. The summed E-state index contributed by atoms with van der Waals surface area (Å²) in [5, 5.41) is 0.527. The number of aromatic nitrogens is 1. The van der Waals surface area contributed by atoms with Crippen molar-refractivity contribution < 1.29 is 4.74 Å². The number of methoxy groups -OCH3 is 1. The van der Waals surface area contributed by atoms with Crippen molar-refractivity contribution in [3.63, 3.8) is 0 Å². The van der Waals surface area contributed by atoms with E-state index in [1.807, 2.05) is 0 Å². The van der Waals surface area contributed by atoms with E-state index in [1.54, 1.807) is 6.07 Å². The predicted molar refractivity (Wildman–Crippen MR) is 53.4 cm³/mol. The standard InChI is InChI=1S/C9H7Cl2NO/c1-13-9-7(3-2-4-10)5-8(11)6-12-9/h5-6H,4H2,1H3. The summed E-state index contributed by atoms with van der Waals surface area (Å²) in [6.45, 7) is 0. The number of hydrogen-bond donors (Lipinski definition) is 0. The van der Waals surface area contributed by atoms with Crippen molar-refractivity contribution in [3.05, 3.63) is 22.8 Å². The second-order valence-electron chi connectivity index (χ2n) is 2.15. The van der Waals surface area contributed by atoms with E-state index in [0.29, 0.717) is 16.5 Å². The molecule has 2 nitrogen and oxygen atoms in total. The number of nitrogens with zero attached hydrogens (tertiary/aromatic N) is 1. The third kappa shape index (κ3) is 2.80. The van der Waals surface area contributed by atoms with Crippen molar-refractivity contribution in [3.8, 4) is 17.7 Å². The highest BCUT2D eigenvalue weighted by Crippen LogP contribution is 2.17. The average molecular weight is 216 g/mol. The Morgan fingerprint density at radius 1 is 1.62 bits per heavy atom. The van der Waals surface area contributed by atoms with Crippen LogP contribution in [0.1, 0.15) is 5.56 Å². The van der Waals surface area contributed by atoms with Crippen LogP contribution in [0.5, 0.6) is 5.88 Å². The molecular weight excluding hydrogens is 209 g/mol. The lowest BCUT2D eigenvalue weighted by Crippen LogP contribution is -1.91. The van der Waals surface area contributed by atoms with Gasteiger partial charge in [-0.15, -0.1) is 11.6 Å². The van der Waals surface area contributed by atoms with Gasteiger partial charge in [0.05, 0.1) is 23.6 Å². The van der Waals surface area contributed by atoms with Crippen molar-refractivity contribution >= 4 is 23.2 Å². The largest absolute Gasteiger partial charge is 0.480 e. The van der Waals surface area contributed by atoms with Gasteiger partial charge in [0.25, 0.3) is 0 Å². The molecule has 1 aromatic rings. The number of alkyl halides is 1. The van der Waals surface area contributed by atoms with E-state index < -0.39 is 0 Å². The second-order valence-corrected chi connectivity index (χ2v) is 2.85. The molecule has 0 radical (unpaired) electrons. The zero-order valence-electron chi connectivity index (χ0n) is 6.97. The van der Waals surface area contributed by atoms with Crippen LogP contribution in [0, 0.1) is 11.8 Å². The van der Waals surface area contributed by atoms with E-state index in [2.05, 4.69) is 16.8 Å². The van der Waals surface area contributed by atoms with E-state index in [-0.39, 0.29) is 5.88 Å². The quantitative estimate of drug-likeness (QED) is 0.530. The van der Waals surface area contributed by atoms with Gasteiger partial charge in [0.2, 0.25) is 5.88 Å². The minimum atomic E-state index is 0.273. The average Bonchev–Trinajstić information content (AvgIpc) is 2.15. The molecule has 1 heterocycles. The molecule has 0 aliphatic heterocycles. The summed E-state index contributed by atoms with van der Waals surface area (Å²) in [6.07, 6.45) is 1.51. The van der Waals surface area contributed by atoms with Crippen molar-refractivity contribution in [2.45, 2.75) is 0 Å². The summed E-state index contributed by atoms with van der Waals surface area (Å²) < 4.78 is 4.98. The summed E-state index contributed by atoms with van der Waals surface area (Å²) in [6, 6.07) is 1.69. The number of hydrogen-bond acceptors (Lipinski definition) is 2. The van der Waals surface area contributed by atoms with E-state index >= 15 is 0 Å². The van der Waals surface area contributed by atoms with Crippen molar-refractivity contribution in [1.82, 2.24) is 4.98 Å². The maximum Gasteiger partial charge on any atom is 0.229 e. The highest BCUT2D eigenvalue weighted by Gasteiger charge is 2.01. The number of rotatable bonds is 1. The van der Waals surface area contributed by atoms with Gasteiger partial charge in [0.15, 0.2) is 0 Å². The van der Waals surface area contributed by atoms with Gasteiger partial charge in [0.1, 0.15) is 0 Å². The Hall–Kier alpha value is -0.910. The Bertz CT molecular complexity index is 354. The first-order valence-electron chi connectivity index (χ1n) is 3.52. The molecule has 0 bridgehead atoms. The van der Waals surface area contributed by atoms with E-state index in [4.69, 9.17) is 27.9 Å². The summed E-state index contributed by atoms with van der Waals surface area (Å²) in [5.41, 5.74) is 0.649. The Labute approximate surface area is 86.8 Å². The SMILES string of the molecule is COc1ncc(Cl)cc1C#CCCl. The Kier molecular flexibility index (Phi) is 3.88. The van der Waals surface area contributed by atoms with Gasteiger partial charge in [-0.2, -0.15) is 0 Å². The zero-order chi connectivity index (χ0) is 9.68. The lowest BCUT2D eigenvalue weighted by atomic mass is 10.3. The highest BCUT2D eigenvalue weighted by molar-refractivity contribution is 6.30. The molecule has 68 valence electrons. The third-order valence-corrected chi connectivity index (χ3v) is 1.64. The molecule has 0 aromatic carbocycles. The molecular formula is C9H7Cl2NO. The van der Waals surface area contributed by atoms with Gasteiger partial charge in [0, 0.05) is 6.20 Å². The van der Waals surface area contributed by atoms with Gasteiger partial charge in [-0.1, -0.05) is 23.4 Å². The van der Waals surface area contributed by atoms with Crippen molar-refractivity contribution in [2.75, 3.05) is 13.0 Å². The van der Waals surface area contributed by atoms with E-state index in [9.17, 15) is 0 Å².